The predicted molar refractivity (Wildman–Crippen MR) is 8.54 cm³/mol. The molecular formula is H2DyMgZnZr. The van der Waals surface area contributed by atoms with Crippen molar-refractivity contribution in [1.29, 1.82) is 0 Å². The Balaban J connectivity index is 0. The zero-order valence-electron chi connectivity index (χ0n) is 1.52. The molecule has 4 heteroatoms. The largest absolute Gasteiger partial charge is 0.316 e. The molecule has 0 aromatic rings. The van der Waals surface area contributed by atoms with E-state index in [1.54, 1.807) is 0 Å². The van der Waals surface area contributed by atoms with E-state index in [1.165, 1.54) is 0 Å². The third kappa shape index (κ3) is 9.11. The Kier molecular flexibility index (Phi) is 103. The fourth-order valence-electron chi connectivity index (χ4n) is 0. The average molecular weight is 345 g/mol. The third-order valence-electron chi connectivity index (χ3n) is 0. The van der Waals surface area contributed by atoms with Crippen LogP contribution in [0.25, 0.3) is 0 Å². The first kappa shape index (κ1) is 25.7. The summed E-state index contributed by atoms with van der Waals surface area (Å²) in [5.74, 6) is 0. The van der Waals surface area contributed by atoms with Crippen molar-refractivity contribution in [3.63, 3.8) is 0 Å². The molecule has 0 radical (unpaired) electrons. The molecule has 0 saturated heterocycles. The van der Waals surface area contributed by atoms with Crippen molar-refractivity contribution in [1.82, 2.24) is 0 Å². The molecule has 0 heterocycles. The third-order valence-corrected chi connectivity index (χ3v) is 0. The van der Waals surface area contributed by atoms with Crippen LogP contribution in [0.15, 0.2) is 0 Å². The van der Waals surface area contributed by atoms with Crippen LogP contribution in [0.2, 0.25) is 0 Å². The van der Waals surface area contributed by atoms with Crippen molar-refractivity contribution < 1.29 is 83.9 Å². The topological polar surface area (TPSA) is 0 Å². The van der Waals surface area contributed by atoms with Crippen molar-refractivity contribution >= 4 is 23.1 Å². The van der Waals surface area contributed by atoms with Crippen molar-refractivity contribution in [3.05, 3.63) is 0 Å². The predicted octanol–water partition coefficient (Wildman–Crippen LogP) is -0.921. The van der Waals surface area contributed by atoms with E-state index in [9.17, 15) is 0 Å². The Morgan fingerprint density at radius 3 is 1.00 bits per heavy atom. The van der Waals surface area contributed by atoms with Gasteiger partial charge in [-0.1, -0.05) is 0 Å². The van der Waals surface area contributed by atoms with Crippen LogP contribution < -0.4 is 0 Å². The summed E-state index contributed by atoms with van der Waals surface area (Å²) in [5.41, 5.74) is 0. The Morgan fingerprint density at radius 2 is 1.00 bits per heavy atom. The molecule has 0 nitrogen and oxygen atoms in total. The molecule has 0 aromatic carbocycles. The standard InChI is InChI=1S/Dy.Mg.Zn.Zr.2H. The second kappa shape index (κ2) is 16.0. The van der Waals surface area contributed by atoms with Crippen LogP contribution >= 0.6 is 0 Å². The van der Waals surface area contributed by atoms with Gasteiger partial charge in [0.15, 0.2) is 0 Å². The van der Waals surface area contributed by atoms with Crippen LogP contribution in [0.3, 0.4) is 0 Å². The zero-order chi connectivity index (χ0) is 0. The van der Waals surface area contributed by atoms with Gasteiger partial charge in [-0.25, -0.2) is 0 Å². The second-order valence-electron chi connectivity index (χ2n) is 0. The summed E-state index contributed by atoms with van der Waals surface area (Å²) in [6.45, 7) is 0. The van der Waals surface area contributed by atoms with E-state index in [-0.39, 0.29) is 107 Å². The van der Waals surface area contributed by atoms with Crippen molar-refractivity contribution in [2.75, 3.05) is 0 Å². The molecule has 0 aliphatic rings. The van der Waals surface area contributed by atoms with E-state index in [4.69, 9.17) is 0 Å². The molecule has 20 valence electrons. The molecule has 0 aromatic heterocycles. The minimum absolute atomic E-state index is 0. The quantitative estimate of drug-likeness (QED) is 0.498. The maximum absolute atomic E-state index is 0. The molecule has 0 amide bonds. The summed E-state index contributed by atoms with van der Waals surface area (Å²) in [5, 5.41) is 0. The summed E-state index contributed by atoms with van der Waals surface area (Å²) in [6, 6.07) is 0. The number of hydrogen-bond donors (Lipinski definition) is 0. The van der Waals surface area contributed by atoms with Crippen LogP contribution in [0, 0.1) is 38.2 Å². The van der Waals surface area contributed by atoms with E-state index < -0.39 is 0 Å². The van der Waals surface area contributed by atoms with Crippen LogP contribution in [-0.4, -0.2) is 23.1 Å². The van der Waals surface area contributed by atoms with Gasteiger partial charge >= 0.3 is 23.1 Å². The van der Waals surface area contributed by atoms with Gasteiger partial charge in [0, 0.05) is 83.9 Å². The monoisotopic (exact) mass is 344 g/mol. The Morgan fingerprint density at radius 1 is 1.00 bits per heavy atom. The van der Waals surface area contributed by atoms with Crippen LogP contribution in [-0.2, 0) is 45.7 Å². The number of rotatable bonds is 0. The van der Waals surface area contributed by atoms with Gasteiger partial charge in [0.05, 0.1) is 0 Å². The average Bonchev–Trinajstić information content (AvgIpc) is 0. The normalized spacial score (nSPS) is 0. The molecule has 0 N–H and O–H groups in total. The molecule has 4 heavy (non-hydrogen) atoms. The first-order chi connectivity index (χ1) is 0. The molecule has 0 fully saturated rings. The number of hydrogen-bond acceptors (Lipinski definition) is 0. The Hall–Kier alpha value is 3.55. The molecular weight excluding hydrogens is 343 g/mol. The Bertz CT molecular complexity index is 8.00. The molecule has 0 rings (SSSR count). The van der Waals surface area contributed by atoms with Gasteiger partial charge < -0.3 is 0 Å². The van der Waals surface area contributed by atoms with E-state index in [1.807, 2.05) is 0 Å². The minimum Gasteiger partial charge on any atom is 0 e. The van der Waals surface area contributed by atoms with Gasteiger partial charge in [-0.2, -0.15) is 0 Å². The summed E-state index contributed by atoms with van der Waals surface area (Å²) < 4.78 is 0. The summed E-state index contributed by atoms with van der Waals surface area (Å²) in [7, 11) is 0. The minimum atomic E-state index is 0. The maximum Gasteiger partial charge on any atom is 0.316 e. The molecule has 0 aliphatic carbocycles. The van der Waals surface area contributed by atoms with E-state index in [0.29, 0.717) is 0 Å². The summed E-state index contributed by atoms with van der Waals surface area (Å²) in [4.78, 5) is 0. The fraction of sp³-hybridized carbons (Fsp3) is 0. The first-order valence-electron chi connectivity index (χ1n) is 0. The maximum atomic E-state index is 0. The van der Waals surface area contributed by atoms with Gasteiger partial charge in [-0.3, -0.25) is 0 Å². The molecule has 0 aliphatic heterocycles. The van der Waals surface area contributed by atoms with Crippen molar-refractivity contribution in [2.45, 2.75) is 0 Å². The van der Waals surface area contributed by atoms with Gasteiger partial charge in [0.1, 0.15) is 0 Å². The van der Waals surface area contributed by atoms with Gasteiger partial charge in [-0.15, -0.1) is 0 Å². The first-order valence-corrected chi connectivity index (χ1v) is 0. The molecule has 0 bridgehead atoms. The molecule has 0 spiro atoms. The SMILES string of the molecule is [Dy].[MgH2].[Zn].[Zr]. The van der Waals surface area contributed by atoms with Gasteiger partial charge in [-0.05, 0) is 0 Å². The zero-order valence-corrected chi connectivity index (χ0v) is 8.98. The van der Waals surface area contributed by atoms with Gasteiger partial charge in [0.2, 0.25) is 0 Å². The second-order valence-corrected chi connectivity index (χ2v) is 0. The van der Waals surface area contributed by atoms with Crippen LogP contribution in [0.5, 0.6) is 0 Å². The smallest absolute Gasteiger partial charge is 0 e. The van der Waals surface area contributed by atoms with Crippen LogP contribution in [0.4, 0.5) is 0 Å². The van der Waals surface area contributed by atoms with E-state index >= 15 is 0 Å². The van der Waals surface area contributed by atoms with Crippen molar-refractivity contribution in [3.8, 4) is 0 Å². The molecule has 0 saturated carbocycles. The summed E-state index contributed by atoms with van der Waals surface area (Å²) in [6.07, 6.45) is 0. The van der Waals surface area contributed by atoms with Crippen molar-refractivity contribution in [2.24, 2.45) is 0 Å². The Labute approximate surface area is 104 Å². The molecule has 0 atom stereocenters. The van der Waals surface area contributed by atoms with Crippen LogP contribution in [0.1, 0.15) is 0 Å². The molecule has 0 unspecified atom stereocenters. The fourth-order valence-corrected chi connectivity index (χ4v) is 0. The van der Waals surface area contributed by atoms with E-state index in [2.05, 4.69) is 0 Å². The summed E-state index contributed by atoms with van der Waals surface area (Å²) >= 11 is 0. The van der Waals surface area contributed by atoms with E-state index in [0.717, 1.165) is 0 Å². The van der Waals surface area contributed by atoms with Gasteiger partial charge in [0.25, 0.3) is 0 Å².